The van der Waals surface area contributed by atoms with Crippen LogP contribution in [0.15, 0.2) is 18.5 Å². The Morgan fingerprint density at radius 2 is 2.27 bits per heavy atom. The normalized spacial score (nSPS) is 21.3. The van der Waals surface area contributed by atoms with E-state index in [-0.39, 0.29) is 0 Å². The van der Waals surface area contributed by atoms with E-state index < -0.39 is 0 Å². The third-order valence-electron chi connectivity index (χ3n) is 4.60. The first-order chi connectivity index (χ1) is 10.7. The molecule has 120 valence electrons. The quantitative estimate of drug-likeness (QED) is 0.922. The highest BCUT2D eigenvalue weighted by Crippen LogP contribution is 2.29. The Kier molecular flexibility index (Phi) is 4.74. The molecule has 0 bridgehead atoms. The lowest BCUT2D eigenvalue weighted by atomic mass is 10.1. The van der Waals surface area contributed by atoms with Gasteiger partial charge in [0.1, 0.15) is 11.3 Å². The average molecular weight is 301 g/mol. The van der Waals surface area contributed by atoms with Gasteiger partial charge in [0.2, 0.25) is 0 Å². The van der Waals surface area contributed by atoms with Gasteiger partial charge >= 0.3 is 0 Å². The molecular weight excluding hydrogens is 274 g/mol. The molecule has 2 aromatic rings. The molecule has 0 amide bonds. The van der Waals surface area contributed by atoms with Crippen LogP contribution >= 0.6 is 0 Å². The number of rotatable bonds is 5. The molecule has 0 radical (unpaired) electrons. The summed E-state index contributed by atoms with van der Waals surface area (Å²) in [6.07, 6.45) is 6.08. The summed E-state index contributed by atoms with van der Waals surface area (Å²) >= 11 is 0. The molecule has 5 heteroatoms. The lowest BCUT2D eigenvalue weighted by Crippen LogP contribution is -2.50. The Morgan fingerprint density at radius 3 is 3.00 bits per heavy atom. The number of hydrogen-bond donors (Lipinski definition) is 1. The van der Waals surface area contributed by atoms with Crippen molar-refractivity contribution in [2.24, 2.45) is 0 Å². The standard InChI is InChI=1S/C17H27N5/c1-4-6-16(21-10-9-19-13(3)12-21)17-20-14-11-18-8-7-15(14)22(17)5-2/h7-8,11,13,16,19H,4-6,9-10,12H2,1-3H3. The topological polar surface area (TPSA) is 46.0 Å². The summed E-state index contributed by atoms with van der Waals surface area (Å²) in [5.74, 6) is 1.21. The number of aromatic nitrogens is 3. The molecule has 1 N–H and O–H groups in total. The maximum Gasteiger partial charge on any atom is 0.127 e. The van der Waals surface area contributed by atoms with Gasteiger partial charge in [-0.2, -0.15) is 0 Å². The summed E-state index contributed by atoms with van der Waals surface area (Å²) in [6, 6.07) is 3.04. The molecule has 1 fully saturated rings. The summed E-state index contributed by atoms with van der Waals surface area (Å²) in [7, 11) is 0. The number of nitrogens with zero attached hydrogens (tertiary/aromatic N) is 4. The van der Waals surface area contributed by atoms with Gasteiger partial charge in [-0.25, -0.2) is 4.98 Å². The predicted octanol–water partition coefficient (Wildman–Crippen LogP) is 2.59. The second kappa shape index (κ2) is 6.75. The highest BCUT2D eigenvalue weighted by molar-refractivity contribution is 5.74. The summed E-state index contributed by atoms with van der Waals surface area (Å²) in [4.78, 5) is 11.8. The maximum atomic E-state index is 4.94. The van der Waals surface area contributed by atoms with Gasteiger partial charge < -0.3 is 9.88 Å². The van der Waals surface area contributed by atoms with E-state index in [0.717, 1.165) is 38.1 Å². The molecule has 0 spiro atoms. The fraction of sp³-hybridized carbons (Fsp3) is 0.647. The zero-order valence-corrected chi connectivity index (χ0v) is 13.9. The second-order valence-corrected chi connectivity index (χ2v) is 6.23. The Hall–Kier alpha value is -1.46. The average Bonchev–Trinajstić information content (AvgIpc) is 2.90. The van der Waals surface area contributed by atoms with Gasteiger partial charge in [-0.1, -0.05) is 13.3 Å². The Balaban J connectivity index is 2.00. The summed E-state index contributed by atoms with van der Waals surface area (Å²) < 4.78 is 2.37. The SMILES string of the molecule is CCCC(c1nc2cnccc2n1CC)N1CCNC(C)C1. The fourth-order valence-electron chi connectivity index (χ4n) is 3.58. The van der Waals surface area contributed by atoms with Crippen molar-refractivity contribution in [1.29, 1.82) is 0 Å². The van der Waals surface area contributed by atoms with Crippen molar-refractivity contribution in [3.63, 3.8) is 0 Å². The van der Waals surface area contributed by atoms with E-state index >= 15 is 0 Å². The summed E-state index contributed by atoms with van der Waals surface area (Å²) in [5, 5.41) is 3.54. The molecule has 1 aliphatic heterocycles. The van der Waals surface area contributed by atoms with Gasteiger partial charge in [0.15, 0.2) is 0 Å². The Labute approximate surface area is 132 Å². The third-order valence-corrected chi connectivity index (χ3v) is 4.60. The van der Waals surface area contributed by atoms with Gasteiger partial charge in [0.25, 0.3) is 0 Å². The number of aryl methyl sites for hydroxylation is 1. The smallest absolute Gasteiger partial charge is 0.127 e. The van der Waals surface area contributed by atoms with Crippen LogP contribution in [0.4, 0.5) is 0 Å². The molecule has 1 aliphatic rings. The van der Waals surface area contributed by atoms with E-state index in [1.54, 1.807) is 0 Å². The molecule has 2 unspecified atom stereocenters. The van der Waals surface area contributed by atoms with Crippen LogP contribution in [-0.4, -0.2) is 45.1 Å². The molecule has 0 saturated carbocycles. The van der Waals surface area contributed by atoms with Crippen LogP contribution in [0.1, 0.15) is 45.5 Å². The first kappa shape index (κ1) is 15.4. The van der Waals surface area contributed by atoms with Crippen LogP contribution in [0.3, 0.4) is 0 Å². The summed E-state index contributed by atoms with van der Waals surface area (Å²) in [6.45, 7) is 10.9. The molecule has 3 heterocycles. The predicted molar refractivity (Wildman–Crippen MR) is 89.9 cm³/mol. The molecule has 1 saturated heterocycles. The van der Waals surface area contributed by atoms with Crippen LogP contribution in [0.25, 0.3) is 11.0 Å². The molecular formula is C17H27N5. The van der Waals surface area contributed by atoms with Gasteiger partial charge in [-0.15, -0.1) is 0 Å². The van der Waals surface area contributed by atoms with Gasteiger partial charge in [-0.05, 0) is 26.3 Å². The zero-order chi connectivity index (χ0) is 15.5. The molecule has 0 aliphatic carbocycles. The van der Waals surface area contributed by atoms with E-state index in [2.05, 4.69) is 46.6 Å². The van der Waals surface area contributed by atoms with Gasteiger partial charge in [0, 0.05) is 38.4 Å². The summed E-state index contributed by atoms with van der Waals surface area (Å²) in [5.41, 5.74) is 2.22. The lowest BCUT2D eigenvalue weighted by Gasteiger charge is -2.37. The van der Waals surface area contributed by atoms with Crippen LogP contribution in [0.2, 0.25) is 0 Å². The van der Waals surface area contributed by atoms with Crippen molar-refractivity contribution in [2.45, 2.75) is 52.2 Å². The van der Waals surface area contributed by atoms with Gasteiger partial charge in [0.05, 0.1) is 17.8 Å². The monoisotopic (exact) mass is 301 g/mol. The van der Waals surface area contributed by atoms with Crippen molar-refractivity contribution >= 4 is 11.0 Å². The minimum absolute atomic E-state index is 0.405. The lowest BCUT2D eigenvalue weighted by molar-refractivity contribution is 0.133. The minimum Gasteiger partial charge on any atom is -0.327 e. The highest BCUT2D eigenvalue weighted by Gasteiger charge is 2.28. The van der Waals surface area contributed by atoms with Crippen molar-refractivity contribution in [3.05, 3.63) is 24.3 Å². The van der Waals surface area contributed by atoms with E-state index in [1.807, 2.05) is 12.4 Å². The minimum atomic E-state index is 0.405. The number of piperazine rings is 1. The van der Waals surface area contributed by atoms with Crippen LogP contribution in [0.5, 0.6) is 0 Å². The van der Waals surface area contributed by atoms with Crippen molar-refractivity contribution in [1.82, 2.24) is 24.8 Å². The molecule has 2 atom stereocenters. The first-order valence-electron chi connectivity index (χ1n) is 8.52. The number of pyridine rings is 1. The molecule has 3 rings (SSSR count). The third kappa shape index (κ3) is 2.88. The molecule has 2 aromatic heterocycles. The number of fused-ring (bicyclic) bond motifs is 1. The largest absolute Gasteiger partial charge is 0.327 e. The Bertz CT molecular complexity index is 621. The van der Waals surface area contributed by atoms with Crippen LogP contribution < -0.4 is 5.32 Å². The van der Waals surface area contributed by atoms with E-state index in [9.17, 15) is 0 Å². The van der Waals surface area contributed by atoms with Crippen molar-refractivity contribution in [2.75, 3.05) is 19.6 Å². The van der Waals surface area contributed by atoms with Crippen molar-refractivity contribution in [3.8, 4) is 0 Å². The fourth-order valence-corrected chi connectivity index (χ4v) is 3.58. The van der Waals surface area contributed by atoms with E-state index in [4.69, 9.17) is 4.98 Å². The number of hydrogen-bond acceptors (Lipinski definition) is 4. The van der Waals surface area contributed by atoms with E-state index in [1.165, 1.54) is 17.8 Å². The Morgan fingerprint density at radius 1 is 1.41 bits per heavy atom. The van der Waals surface area contributed by atoms with Crippen LogP contribution in [-0.2, 0) is 6.54 Å². The zero-order valence-electron chi connectivity index (χ0n) is 13.9. The van der Waals surface area contributed by atoms with E-state index in [0.29, 0.717) is 12.1 Å². The number of imidazole rings is 1. The molecule has 22 heavy (non-hydrogen) atoms. The first-order valence-corrected chi connectivity index (χ1v) is 8.52. The van der Waals surface area contributed by atoms with Crippen molar-refractivity contribution < 1.29 is 0 Å². The molecule has 0 aromatic carbocycles. The van der Waals surface area contributed by atoms with Gasteiger partial charge in [-0.3, -0.25) is 9.88 Å². The highest BCUT2D eigenvalue weighted by atomic mass is 15.3. The second-order valence-electron chi connectivity index (χ2n) is 6.23. The van der Waals surface area contributed by atoms with Crippen LogP contribution in [0, 0.1) is 0 Å². The number of nitrogens with one attached hydrogen (secondary N) is 1. The molecule has 5 nitrogen and oxygen atoms in total. The maximum absolute atomic E-state index is 4.94.